The molecular weight excluding hydrogens is 380 g/mol. The average Bonchev–Trinajstić information content (AvgIpc) is 2.79. The molecule has 0 saturated carbocycles. The zero-order valence-electron chi connectivity index (χ0n) is 16.1. The number of hydrogen-bond donors (Lipinski definition) is 1. The molecule has 0 spiro atoms. The number of nitrogens with one attached hydrogen (secondary N) is 1. The lowest BCUT2D eigenvalue weighted by molar-refractivity contribution is -0.117. The van der Waals surface area contributed by atoms with Crippen molar-refractivity contribution in [3.8, 4) is 0 Å². The van der Waals surface area contributed by atoms with Gasteiger partial charge in [0.1, 0.15) is 12.3 Å². The van der Waals surface area contributed by atoms with Gasteiger partial charge in [0.05, 0.1) is 5.69 Å². The number of nitroso groups, excluding NO2 is 1. The van der Waals surface area contributed by atoms with E-state index in [2.05, 4.69) is 20.7 Å². The summed E-state index contributed by atoms with van der Waals surface area (Å²) in [6, 6.07) is 22.6. The fourth-order valence-corrected chi connectivity index (χ4v) is 2.86. The number of azo groups is 1. The zero-order chi connectivity index (χ0) is 21.2. The van der Waals surface area contributed by atoms with Crippen LogP contribution in [0, 0.1) is 4.91 Å². The molecular formula is C23H20N4O3. The number of nitrogens with zero attached hydrogens (tertiary/aromatic N) is 3. The second kappa shape index (κ2) is 10.5. The number of para-hydroxylation sites is 1. The number of aldehydes is 1. The molecule has 1 amide bonds. The van der Waals surface area contributed by atoms with Crippen molar-refractivity contribution in [1.82, 2.24) is 0 Å². The third kappa shape index (κ3) is 5.75. The molecule has 0 aliphatic rings. The van der Waals surface area contributed by atoms with Gasteiger partial charge < -0.3 is 5.32 Å². The van der Waals surface area contributed by atoms with Crippen molar-refractivity contribution < 1.29 is 9.59 Å². The first-order valence-corrected chi connectivity index (χ1v) is 9.38. The molecule has 7 nitrogen and oxygen atoms in total. The molecule has 0 aliphatic heterocycles. The van der Waals surface area contributed by atoms with E-state index in [9.17, 15) is 14.5 Å². The summed E-state index contributed by atoms with van der Waals surface area (Å²) in [5, 5.41) is 14.2. The Hall–Kier alpha value is -4.00. The minimum atomic E-state index is -1.27. The second-order valence-corrected chi connectivity index (χ2v) is 6.59. The number of benzene rings is 3. The molecule has 3 rings (SSSR count). The van der Waals surface area contributed by atoms with E-state index >= 15 is 0 Å². The van der Waals surface area contributed by atoms with Gasteiger partial charge in [-0.1, -0.05) is 65.8 Å². The first kappa shape index (κ1) is 20.7. The van der Waals surface area contributed by atoms with Crippen LogP contribution in [0.4, 0.5) is 11.4 Å². The van der Waals surface area contributed by atoms with Gasteiger partial charge in [-0.3, -0.25) is 9.59 Å². The molecule has 30 heavy (non-hydrogen) atoms. The Morgan fingerprint density at radius 2 is 1.53 bits per heavy atom. The molecule has 0 saturated heterocycles. The average molecular weight is 400 g/mol. The largest absolute Gasteiger partial charge is 0.324 e. The molecule has 7 heteroatoms. The second-order valence-electron chi connectivity index (χ2n) is 6.59. The molecule has 150 valence electrons. The monoisotopic (exact) mass is 400 g/mol. The van der Waals surface area contributed by atoms with Gasteiger partial charge in [-0.15, -0.1) is 4.91 Å². The molecule has 0 radical (unpaired) electrons. The first-order chi connectivity index (χ1) is 14.7. The van der Waals surface area contributed by atoms with Crippen molar-refractivity contribution >= 4 is 23.6 Å². The summed E-state index contributed by atoms with van der Waals surface area (Å²) in [5.41, 5.74) is 2.50. The van der Waals surface area contributed by atoms with Crippen molar-refractivity contribution in [3.05, 3.63) is 101 Å². The molecule has 0 heterocycles. The molecule has 0 fully saturated rings. The topological polar surface area (TPSA) is 100 Å². The highest BCUT2D eigenvalue weighted by Gasteiger charge is 2.30. The maximum atomic E-state index is 12.7. The van der Waals surface area contributed by atoms with E-state index in [0.717, 1.165) is 11.8 Å². The maximum absolute atomic E-state index is 12.7. The fraction of sp³-hybridized carbons (Fsp3) is 0.130. The van der Waals surface area contributed by atoms with Crippen LogP contribution in [0.5, 0.6) is 0 Å². The van der Waals surface area contributed by atoms with Gasteiger partial charge in [0.2, 0.25) is 0 Å². The molecule has 0 aliphatic carbocycles. The number of carbonyl (C=O) groups excluding carboxylic acids is 2. The van der Waals surface area contributed by atoms with Crippen LogP contribution in [0.25, 0.3) is 0 Å². The van der Waals surface area contributed by atoms with E-state index in [0.29, 0.717) is 16.9 Å². The van der Waals surface area contributed by atoms with Crippen LogP contribution < -0.4 is 5.32 Å². The summed E-state index contributed by atoms with van der Waals surface area (Å²) in [7, 11) is 0. The van der Waals surface area contributed by atoms with Gasteiger partial charge in [0.25, 0.3) is 5.91 Å². The van der Waals surface area contributed by atoms with Crippen LogP contribution in [0.2, 0.25) is 0 Å². The third-order valence-corrected chi connectivity index (χ3v) is 4.43. The summed E-state index contributed by atoms with van der Waals surface area (Å²) >= 11 is 0. The Morgan fingerprint density at radius 1 is 0.900 bits per heavy atom. The van der Waals surface area contributed by atoms with Gasteiger partial charge in [0.15, 0.2) is 6.04 Å². The Bertz CT molecular complexity index is 1010. The minimum absolute atomic E-state index is 0.258. The highest BCUT2D eigenvalue weighted by atomic mass is 16.3. The Labute approximate surface area is 173 Å². The molecule has 3 aromatic rings. The van der Waals surface area contributed by atoms with Gasteiger partial charge in [-0.25, -0.2) is 0 Å². The van der Waals surface area contributed by atoms with E-state index in [-0.39, 0.29) is 6.42 Å². The SMILES string of the molecule is O=Cc1ccc(CC(N=Nc2ccccc2)C(N=O)C(=O)Nc2ccccc2)cc1. The zero-order valence-corrected chi connectivity index (χ0v) is 16.1. The van der Waals surface area contributed by atoms with Crippen LogP contribution in [-0.4, -0.2) is 24.3 Å². The van der Waals surface area contributed by atoms with Crippen LogP contribution in [-0.2, 0) is 11.2 Å². The highest BCUT2D eigenvalue weighted by molar-refractivity contribution is 5.95. The van der Waals surface area contributed by atoms with E-state index in [1.165, 1.54) is 0 Å². The Morgan fingerprint density at radius 3 is 2.13 bits per heavy atom. The standard InChI is InChI=1S/C23H20N4O3/c28-16-18-13-11-17(12-14-18)15-21(26-25-20-9-5-2-6-10-20)22(27-30)23(29)24-19-7-3-1-4-8-19/h1-14,16,21-22H,15H2,(H,24,29). The molecule has 3 aromatic carbocycles. The smallest absolute Gasteiger partial charge is 0.255 e. The van der Waals surface area contributed by atoms with Gasteiger partial charge in [-0.2, -0.15) is 10.2 Å². The lowest BCUT2D eigenvalue weighted by atomic mass is 9.99. The summed E-state index contributed by atoms with van der Waals surface area (Å²) in [4.78, 5) is 35.2. The maximum Gasteiger partial charge on any atom is 0.255 e. The van der Waals surface area contributed by atoms with Crippen molar-refractivity contribution in [1.29, 1.82) is 0 Å². The fourth-order valence-electron chi connectivity index (χ4n) is 2.86. The summed E-state index contributed by atoms with van der Waals surface area (Å²) in [5.74, 6) is -0.558. The number of hydrogen-bond acceptors (Lipinski definition) is 6. The first-order valence-electron chi connectivity index (χ1n) is 9.38. The number of rotatable bonds is 9. The minimum Gasteiger partial charge on any atom is -0.324 e. The molecule has 0 bridgehead atoms. The predicted octanol–water partition coefficient (Wildman–Crippen LogP) is 4.97. The van der Waals surface area contributed by atoms with Gasteiger partial charge in [-0.05, 0) is 36.2 Å². The van der Waals surface area contributed by atoms with E-state index in [1.807, 2.05) is 24.3 Å². The summed E-state index contributed by atoms with van der Waals surface area (Å²) in [6.07, 6.45) is 1.01. The Kier molecular flexibility index (Phi) is 7.27. The van der Waals surface area contributed by atoms with Gasteiger partial charge in [0, 0.05) is 11.3 Å². The highest BCUT2D eigenvalue weighted by Crippen LogP contribution is 2.19. The van der Waals surface area contributed by atoms with Crippen LogP contribution in [0.15, 0.2) is 100 Å². The van der Waals surface area contributed by atoms with E-state index < -0.39 is 18.0 Å². The predicted molar refractivity (Wildman–Crippen MR) is 115 cm³/mol. The summed E-state index contributed by atoms with van der Waals surface area (Å²) in [6.45, 7) is 0. The number of amides is 1. The third-order valence-electron chi connectivity index (χ3n) is 4.43. The molecule has 1 N–H and O–H groups in total. The molecule has 0 aromatic heterocycles. The van der Waals surface area contributed by atoms with E-state index in [4.69, 9.17) is 0 Å². The quantitative estimate of drug-likeness (QED) is 0.312. The van der Waals surface area contributed by atoms with Crippen molar-refractivity contribution in [2.45, 2.75) is 18.5 Å². The van der Waals surface area contributed by atoms with Gasteiger partial charge >= 0.3 is 0 Å². The lowest BCUT2D eigenvalue weighted by Crippen LogP contribution is -2.36. The van der Waals surface area contributed by atoms with Crippen molar-refractivity contribution in [3.63, 3.8) is 0 Å². The number of anilines is 1. The van der Waals surface area contributed by atoms with Crippen LogP contribution in [0.1, 0.15) is 15.9 Å². The Balaban J connectivity index is 1.84. The normalized spacial score (nSPS) is 12.8. The van der Waals surface area contributed by atoms with Crippen LogP contribution in [0.3, 0.4) is 0 Å². The molecule has 2 unspecified atom stereocenters. The lowest BCUT2D eigenvalue weighted by Gasteiger charge is -2.17. The summed E-state index contributed by atoms with van der Waals surface area (Å²) < 4.78 is 0. The van der Waals surface area contributed by atoms with Crippen molar-refractivity contribution in [2.75, 3.05) is 5.32 Å². The molecule has 2 atom stereocenters. The van der Waals surface area contributed by atoms with Crippen LogP contribution >= 0.6 is 0 Å². The van der Waals surface area contributed by atoms with E-state index in [1.54, 1.807) is 60.7 Å². The van der Waals surface area contributed by atoms with Crippen molar-refractivity contribution in [2.24, 2.45) is 15.4 Å². The number of carbonyl (C=O) groups is 2.